The first kappa shape index (κ1) is 78.6. The van der Waals surface area contributed by atoms with Crippen molar-refractivity contribution in [1.29, 1.82) is 0 Å². The summed E-state index contributed by atoms with van der Waals surface area (Å²) in [6, 6.07) is 37.8. The molecule has 0 radical (unpaired) electrons. The van der Waals surface area contributed by atoms with Gasteiger partial charge in [-0.15, -0.1) is 0 Å². The van der Waals surface area contributed by atoms with Gasteiger partial charge in [0, 0.05) is 72.7 Å². The van der Waals surface area contributed by atoms with Crippen LogP contribution in [0, 0.1) is 46.5 Å². The van der Waals surface area contributed by atoms with Gasteiger partial charge in [0.2, 0.25) is 40.1 Å². The lowest BCUT2D eigenvalue weighted by atomic mass is 10.1. The average molecular weight is 1430 g/mol. The molecule has 0 bridgehead atoms. The molecule has 8 aromatic carbocycles. The number of aliphatic hydroxyl groups is 4. The molecule has 0 spiro atoms. The number of ether oxygens (including phenoxy) is 4. The third kappa shape index (κ3) is 25.5. The highest BCUT2D eigenvalue weighted by atomic mass is 32.2. The summed E-state index contributed by atoms with van der Waals surface area (Å²) in [5, 5.41) is 48.8. The molecule has 20 nitrogen and oxygen atoms in total. The van der Waals surface area contributed by atoms with Crippen LogP contribution in [-0.4, -0.2) is 114 Å². The van der Waals surface area contributed by atoms with E-state index in [1.807, 2.05) is 0 Å². The van der Waals surface area contributed by atoms with E-state index in [2.05, 4.69) is 10.3 Å². The van der Waals surface area contributed by atoms with Crippen LogP contribution in [0.5, 0.6) is 23.0 Å². The first-order chi connectivity index (χ1) is 45.0. The largest absolute Gasteiger partial charge is 0.497 e. The van der Waals surface area contributed by atoms with Gasteiger partial charge in [0.05, 0.1) is 75.9 Å². The Bertz CT molecular complexity index is 3940. The number of rotatable bonds is 26. The predicted molar refractivity (Wildman–Crippen MR) is 339 cm³/mol. The van der Waals surface area contributed by atoms with Gasteiger partial charge in [-0.3, -0.25) is 0 Å². The molecule has 0 aliphatic carbocycles. The number of aliphatic hydroxyl groups excluding tert-OH is 4. The lowest BCUT2D eigenvalue weighted by Crippen LogP contribution is -2.34. The van der Waals surface area contributed by atoms with E-state index in [0.717, 1.165) is 48.5 Å². The van der Waals surface area contributed by atoms with Crippen molar-refractivity contribution in [3.63, 3.8) is 0 Å². The van der Waals surface area contributed by atoms with E-state index in [1.165, 1.54) is 37.0 Å². The zero-order valence-corrected chi connectivity index (χ0v) is 54.8. The third-order valence-corrected chi connectivity index (χ3v) is 18.8. The molecule has 0 amide bonds. The molecule has 0 heterocycles. The molecule has 32 heteroatoms. The highest BCUT2D eigenvalue weighted by Gasteiger charge is 2.31. The Kier molecular flexibility index (Phi) is 29.3. The SMILES string of the molecule is COc1ccc(CN(Cc2ccc(OC)cc2)S(=O)(=O)C[C@@H](O)c2ccc(F)cc2F)cc1.COc1ccc(CN(Cc2ccc(OC)cc2)S(=O)(=O)C[C@H](O)c2ccc(F)cc2F)cc1.NS(=O)(=O)C[C@@H](O)c1ccc(F)cc1F.NS(=O)(=O)C[C@H](O)c1ccc(F)cc1F. The van der Waals surface area contributed by atoms with Crippen LogP contribution in [0.4, 0.5) is 35.1 Å². The average Bonchev–Trinajstić information content (AvgIpc) is 0.842. The summed E-state index contributed by atoms with van der Waals surface area (Å²) in [6.45, 7) is 0.0991. The van der Waals surface area contributed by atoms with Crippen LogP contribution < -0.4 is 29.2 Å². The normalized spacial score (nSPS) is 13.0. The van der Waals surface area contributed by atoms with Crippen LogP contribution in [0.2, 0.25) is 0 Å². The number of halogens is 8. The second kappa shape index (κ2) is 35.7. The maximum atomic E-state index is 14.1. The molecule has 520 valence electrons. The Morgan fingerprint density at radius 3 is 0.677 bits per heavy atom. The lowest BCUT2D eigenvalue weighted by Gasteiger charge is -2.24. The maximum Gasteiger partial charge on any atom is 0.217 e. The molecule has 4 atom stereocenters. The predicted octanol–water partition coefficient (Wildman–Crippen LogP) is 8.67. The zero-order chi connectivity index (χ0) is 71.3. The molecule has 8 rings (SSSR count). The van der Waals surface area contributed by atoms with Gasteiger partial charge in [-0.05, 0) is 95.1 Å². The van der Waals surface area contributed by atoms with E-state index < -0.39 is 134 Å². The van der Waals surface area contributed by atoms with Gasteiger partial charge in [0.15, 0.2) is 0 Å². The minimum atomic E-state index is -4.06. The number of nitrogens with zero attached hydrogens (tertiary/aromatic N) is 2. The van der Waals surface area contributed by atoms with E-state index in [4.69, 9.17) is 18.9 Å². The first-order valence-corrected chi connectivity index (χ1v) is 34.7. The first-order valence-electron chi connectivity index (χ1n) is 28.0. The monoisotopic (exact) mass is 1430 g/mol. The van der Waals surface area contributed by atoms with Crippen LogP contribution in [0.3, 0.4) is 0 Å². The fraction of sp³-hybridized carbons (Fsp3) is 0.250. The van der Waals surface area contributed by atoms with Crippen molar-refractivity contribution >= 4 is 40.1 Å². The van der Waals surface area contributed by atoms with E-state index >= 15 is 0 Å². The third-order valence-electron chi connectivity index (χ3n) is 13.7. The highest BCUT2D eigenvalue weighted by molar-refractivity contribution is 7.89. The number of hydrogen-bond acceptors (Lipinski definition) is 16. The van der Waals surface area contributed by atoms with Crippen LogP contribution in [0.1, 0.15) is 68.9 Å². The standard InChI is InChI=1S/2C24H25F2NO5S.2C8H9F2NO3S/c2*1-31-20-8-3-17(4-9-20)14-27(15-18-5-10-21(32-2)11-6-18)33(29,30)16-24(28)22-12-7-19(25)13-23(22)26;2*9-5-1-2-6(7(10)3-5)8(12)4-15(11,13)14/h2*3-13,24,28H,14-16H2,1-2H3;2*1-3,8,12H,4H2,(H2,11,13,14)/t2*24-;2*8-/m1010/s1. The summed E-state index contributed by atoms with van der Waals surface area (Å²) in [4.78, 5) is 0. The number of benzene rings is 8. The van der Waals surface area contributed by atoms with E-state index in [1.54, 1.807) is 97.1 Å². The molecule has 0 aromatic heterocycles. The topological polar surface area (TPSA) is 313 Å². The van der Waals surface area contributed by atoms with Crippen LogP contribution in [0.25, 0.3) is 0 Å². The second-order valence-corrected chi connectivity index (χ2v) is 28.2. The molecular weight excluding hydrogens is 1360 g/mol. The Morgan fingerprint density at radius 1 is 0.323 bits per heavy atom. The van der Waals surface area contributed by atoms with Crippen molar-refractivity contribution in [2.45, 2.75) is 50.6 Å². The lowest BCUT2D eigenvalue weighted by molar-refractivity contribution is 0.193. The number of sulfonamides is 4. The van der Waals surface area contributed by atoms with Crippen molar-refractivity contribution in [2.24, 2.45) is 10.3 Å². The summed E-state index contributed by atoms with van der Waals surface area (Å²) in [5.74, 6) is -7.89. The highest BCUT2D eigenvalue weighted by Crippen LogP contribution is 2.28. The van der Waals surface area contributed by atoms with Gasteiger partial charge in [0.1, 0.15) is 69.5 Å². The Morgan fingerprint density at radius 2 is 0.510 bits per heavy atom. The van der Waals surface area contributed by atoms with E-state index in [-0.39, 0.29) is 48.4 Å². The van der Waals surface area contributed by atoms with Crippen molar-refractivity contribution in [1.82, 2.24) is 8.61 Å². The van der Waals surface area contributed by atoms with Crippen LogP contribution in [-0.2, 0) is 66.3 Å². The minimum Gasteiger partial charge on any atom is -0.497 e. The molecule has 0 saturated carbocycles. The van der Waals surface area contributed by atoms with Crippen molar-refractivity contribution < 1.29 is 108 Å². The fourth-order valence-corrected chi connectivity index (χ4v) is 12.9. The Balaban J connectivity index is 0.000000247. The van der Waals surface area contributed by atoms with E-state index in [9.17, 15) is 89.2 Å². The summed E-state index contributed by atoms with van der Waals surface area (Å²) < 4.78 is 224. The van der Waals surface area contributed by atoms with Crippen molar-refractivity contribution in [2.75, 3.05) is 51.5 Å². The molecule has 0 fully saturated rings. The van der Waals surface area contributed by atoms with Crippen molar-refractivity contribution in [3.8, 4) is 23.0 Å². The Hall–Kier alpha value is -8.12. The molecule has 96 heavy (non-hydrogen) atoms. The molecule has 0 unspecified atom stereocenters. The van der Waals surface area contributed by atoms with Crippen molar-refractivity contribution in [3.05, 3.63) is 261 Å². The summed E-state index contributed by atoms with van der Waals surface area (Å²) in [5.41, 5.74) is 1.65. The minimum absolute atomic E-state index is 0.0248. The number of methoxy groups -OCH3 is 4. The fourth-order valence-electron chi connectivity index (χ4n) is 8.74. The summed E-state index contributed by atoms with van der Waals surface area (Å²) >= 11 is 0. The molecule has 0 saturated heterocycles. The van der Waals surface area contributed by atoms with Gasteiger partial charge in [-0.1, -0.05) is 72.8 Å². The van der Waals surface area contributed by atoms with Crippen LogP contribution >= 0.6 is 0 Å². The maximum absolute atomic E-state index is 14.1. The number of nitrogens with two attached hydrogens (primary N) is 2. The molecule has 0 aliphatic rings. The van der Waals surface area contributed by atoms with E-state index in [0.29, 0.717) is 69.5 Å². The molecule has 8 aromatic rings. The van der Waals surface area contributed by atoms with Gasteiger partial charge >= 0.3 is 0 Å². The second-order valence-electron chi connectivity index (χ2n) is 20.9. The molecular formula is C64H68F8N4O16S4. The number of hydrogen-bond donors (Lipinski definition) is 6. The molecule has 0 aliphatic heterocycles. The molecule has 8 N–H and O–H groups in total. The summed E-state index contributed by atoms with van der Waals surface area (Å²) in [7, 11) is -9.81. The Labute approximate surface area is 550 Å². The van der Waals surface area contributed by atoms with Gasteiger partial charge < -0.3 is 39.4 Å². The summed E-state index contributed by atoms with van der Waals surface area (Å²) in [6.07, 6.45) is -6.52. The number of primary sulfonamides is 2. The van der Waals surface area contributed by atoms with Crippen LogP contribution in [0.15, 0.2) is 170 Å². The zero-order valence-electron chi connectivity index (χ0n) is 51.5. The quantitative estimate of drug-likeness (QED) is 0.0276. The van der Waals surface area contributed by atoms with Gasteiger partial charge in [0.25, 0.3) is 0 Å². The smallest absolute Gasteiger partial charge is 0.217 e. The van der Waals surface area contributed by atoms with Gasteiger partial charge in [-0.2, -0.15) is 8.61 Å². The van der Waals surface area contributed by atoms with Gasteiger partial charge in [-0.25, -0.2) is 79.1 Å².